The normalized spacial score (nSPS) is 11.7. The van der Waals surface area contributed by atoms with E-state index in [2.05, 4.69) is 186 Å². The second-order valence-electron chi connectivity index (χ2n) is 14.9. The summed E-state index contributed by atoms with van der Waals surface area (Å²) in [7, 11) is 0. The van der Waals surface area contributed by atoms with Gasteiger partial charge in [0.1, 0.15) is 5.82 Å². The van der Waals surface area contributed by atoms with Crippen LogP contribution in [0.4, 0.5) is 0 Å². The van der Waals surface area contributed by atoms with Crippen LogP contribution < -0.4 is 9.30 Å². The van der Waals surface area contributed by atoms with Crippen molar-refractivity contribution in [2.45, 2.75) is 6.92 Å². The fraction of sp³-hybridized carbons (Fsp3) is 0.0189. The minimum Gasteiger partial charge on any atom is -0.510 e. The zero-order chi connectivity index (χ0) is 38.3. The molecule has 0 fully saturated rings. The number of hydrogen-bond acceptors (Lipinski definition) is 2. The quantitative estimate of drug-likeness (QED) is 0.0979. The summed E-state index contributed by atoms with van der Waals surface area (Å²) in [6, 6.07) is 68.7. The number of aryl methyl sites for hydroxylation is 1. The van der Waals surface area contributed by atoms with Gasteiger partial charge in [0, 0.05) is 54.2 Å². The van der Waals surface area contributed by atoms with E-state index in [4.69, 9.17) is 9.72 Å². The van der Waals surface area contributed by atoms with E-state index >= 15 is 0 Å². The Kier molecular flexibility index (Phi) is 8.21. The van der Waals surface area contributed by atoms with Crippen LogP contribution in [0.3, 0.4) is 0 Å². The van der Waals surface area contributed by atoms with Crippen LogP contribution in [-0.4, -0.2) is 14.1 Å². The average Bonchev–Trinajstić information content (AvgIpc) is 3.82. The van der Waals surface area contributed by atoms with Crippen molar-refractivity contribution >= 4 is 76.1 Å². The first kappa shape index (κ1) is 35.1. The smallest absolute Gasteiger partial charge is 0.268 e. The van der Waals surface area contributed by atoms with Gasteiger partial charge in [-0.3, -0.25) is 4.57 Å². The van der Waals surface area contributed by atoms with Gasteiger partial charge in [-0.2, -0.15) is 18.2 Å². The molecule has 0 bridgehead atoms. The second-order valence-corrected chi connectivity index (χ2v) is 14.9. The van der Waals surface area contributed by atoms with Crippen LogP contribution in [0.2, 0.25) is 0 Å². The summed E-state index contributed by atoms with van der Waals surface area (Å²) in [6.45, 7) is 2.11. The van der Waals surface area contributed by atoms with Gasteiger partial charge in [0.2, 0.25) is 0 Å². The van der Waals surface area contributed by atoms with Crippen molar-refractivity contribution < 1.29 is 30.4 Å². The minimum atomic E-state index is 0. The third-order valence-electron chi connectivity index (χ3n) is 11.4. The number of ether oxygens (including phenoxy) is 1. The molecule has 6 heteroatoms. The standard InChI is InChI=1S/C53H32N4O.Pt/c1-34-12-10-15-37(30-34)55-33-56(49-23-9-8-22-48(49)55)38-16-11-17-39(31-38)58-40-26-28-44-43-20-6-7-21-47(43)57(50(44)32-40)53-45-27-24-35-13-2-4-18-41(35)51(45)52-42-19-5-3-14-36(42)25-29-46(52)54-53;/h2-30H,1H3;/q-2;. The number of pyridine rings is 1. The van der Waals surface area contributed by atoms with Gasteiger partial charge >= 0.3 is 0 Å². The summed E-state index contributed by atoms with van der Waals surface area (Å²) in [5.41, 5.74) is 8.02. The van der Waals surface area contributed by atoms with E-state index < -0.39 is 0 Å². The van der Waals surface area contributed by atoms with Crippen molar-refractivity contribution in [3.63, 3.8) is 0 Å². The Labute approximate surface area is 354 Å². The number of rotatable bonds is 5. The summed E-state index contributed by atoms with van der Waals surface area (Å²) in [5, 5.41) is 10.4. The van der Waals surface area contributed by atoms with E-state index in [1.54, 1.807) is 0 Å². The van der Waals surface area contributed by atoms with Crippen LogP contribution >= 0.6 is 0 Å². The molecule has 282 valence electrons. The summed E-state index contributed by atoms with van der Waals surface area (Å²) in [5.74, 6) is 2.02. The van der Waals surface area contributed by atoms with Crippen molar-refractivity contribution in [1.29, 1.82) is 0 Å². The molecule has 0 radical (unpaired) electrons. The Hall–Kier alpha value is -7.07. The van der Waals surface area contributed by atoms with Crippen molar-refractivity contribution in [1.82, 2.24) is 14.1 Å². The van der Waals surface area contributed by atoms with Gasteiger partial charge in [-0.25, -0.2) is 4.98 Å². The van der Waals surface area contributed by atoms with Gasteiger partial charge < -0.3 is 13.9 Å². The van der Waals surface area contributed by atoms with Crippen LogP contribution in [0, 0.1) is 25.4 Å². The van der Waals surface area contributed by atoms with E-state index in [1.807, 2.05) is 28.8 Å². The molecule has 0 aliphatic carbocycles. The van der Waals surface area contributed by atoms with Crippen LogP contribution in [-0.2, 0) is 21.1 Å². The third-order valence-corrected chi connectivity index (χ3v) is 11.4. The number of aromatic nitrogens is 4. The molecule has 59 heavy (non-hydrogen) atoms. The maximum Gasteiger partial charge on any atom is 0.268 e. The predicted molar refractivity (Wildman–Crippen MR) is 235 cm³/mol. The SMILES string of the molecule is Cc1cccc(-[n+]2[c-]n(-c3[c-]c(Oc4[c-]c5c(cc4)c4ccccc4n5-c4nc5ccc6ccccc6c5c5c4ccc4ccccc45)ccc3)c3ccccc32)c1.[Pt]. The van der Waals surface area contributed by atoms with Gasteiger partial charge in [-0.1, -0.05) is 126 Å². The van der Waals surface area contributed by atoms with Crippen LogP contribution in [0.25, 0.3) is 93.3 Å². The molecule has 0 atom stereocenters. The Morgan fingerprint density at radius 2 is 1.22 bits per heavy atom. The zero-order valence-electron chi connectivity index (χ0n) is 31.8. The van der Waals surface area contributed by atoms with Gasteiger partial charge in [-0.05, 0) is 69.9 Å². The Bertz CT molecular complexity index is 3640. The topological polar surface area (TPSA) is 35.9 Å². The Morgan fingerprint density at radius 1 is 0.542 bits per heavy atom. The van der Waals surface area contributed by atoms with Gasteiger partial charge in [-0.15, -0.1) is 29.7 Å². The van der Waals surface area contributed by atoms with E-state index in [0.717, 1.165) is 66.3 Å². The molecule has 3 aromatic heterocycles. The number of hydrogen-bond donors (Lipinski definition) is 0. The van der Waals surface area contributed by atoms with E-state index in [9.17, 15) is 0 Å². The molecular weight excluding hydrogens is 904 g/mol. The molecule has 0 saturated carbocycles. The fourth-order valence-corrected chi connectivity index (χ4v) is 8.78. The van der Waals surface area contributed by atoms with Crippen molar-refractivity contribution in [2.75, 3.05) is 0 Å². The number of benzene rings is 9. The first-order valence-electron chi connectivity index (χ1n) is 19.5. The first-order valence-corrected chi connectivity index (χ1v) is 19.5. The van der Waals surface area contributed by atoms with Gasteiger partial charge in [0.15, 0.2) is 0 Å². The van der Waals surface area contributed by atoms with Crippen molar-refractivity contribution in [3.8, 4) is 28.7 Å². The van der Waals surface area contributed by atoms with Gasteiger partial charge in [0.25, 0.3) is 6.33 Å². The Balaban J connectivity index is 0.00000397. The number of fused-ring (bicyclic) bond motifs is 11. The maximum absolute atomic E-state index is 6.64. The molecule has 0 spiro atoms. The first-order chi connectivity index (χ1) is 28.7. The molecule has 5 nitrogen and oxygen atoms in total. The van der Waals surface area contributed by atoms with Crippen LogP contribution in [0.1, 0.15) is 5.56 Å². The molecule has 0 amide bonds. The summed E-state index contributed by atoms with van der Waals surface area (Å²) < 4.78 is 13.0. The number of imidazole rings is 1. The van der Waals surface area contributed by atoms with Crippen LogP contribution in [0.15, 0.2) is 176 Å². The molecule has 0 aliphatic rings. The molecule has 3 heterocycles. The van der Waals surface area contributed by atoms with E-state index in [1.165, 1.54) is 32.5 Å². The zero-order valence-corrected chi connectivity index (χ0v) is 34.0. The van der Waals surface area contributed by atoms with Crippen molar-refractivity contribution in [3.05, 3.63) is 200 Å². The average molecular weight is 936 g/mol. The van der Waals surface area contributed by atoms with Gasteiger partial charge in [0.05, 0.1) is 22.2 Å². The molecular formula is C53H32N4OPt-2. The summed E-state index contributed by atoms with van der Waals surface area (Å²) in [6.07, 6.45) is 3.58. The molecule has 0 unspecified atom stereocenters. The monoisotopic (exact) mass is 935 g/mol. The number of nitrogens with zero attached hydrogens (tertiary/aromatic N) is 4. The van der Waals surface area contributed by atoms with Crippen molar-refractivity contribution in [2.24, 2.45) is 0 Å². The molecule has 9 aromatic carbocycles. The molecule has 12 aromatic rings. The third kappa shape index (κ3) is 5.57. The molecule has 12 rings (SSSR count). The predicted octanol–water partition coefficient (Wildman–Crippen LogP) is 12.5. The summed E-state index contributed by atoms with van der Waals surface area (Å²) in [4.78, 5) is 5.50. The largest absolute Gasteiger partial charge is 0.510 e. The fourth-order valence-electron chi connectivity index (χ4n) is 8.78. The molecule has 0 N–H and O–H groups in total. The van der Waals surface area contributed by atoms with E-state index in [-0.39, 0.29) is 21.1 Å². The summed E-state index contributed by atoms with van der Waals surface area (Å²) >= 11 is 0. The Morgan fingerprint density at radius 3 is 2.05 bits per heavy atom. The van der Waals surface area contributed by atoms with Crippen LogP contribution in [0.5, 0.6) is 11.5 Å². The number of para-hydroxylation sites is 3. The maximum atomic E-state index is 6.64. The molecule has 0 saturated heterocycles. The van der Waals surface area contributed by atoms with E-state index in [0.29, 0.717) is 11.5 Å². The minimum absolute atomic E-state index is 0. The molecule has 0 aliphatic heterocycles. The second kappa shape index (κ2) is 13.8.